The lowest BCUT2D eigenvalue weighted by atomic mass is 10.0. The van der Waals surface area contributed by atoms with Crippen LogP contribution in [0.25, 0.3) is 0 Å². The second-order valence-corrected chi connectivity index (χ2v) is 3.98. The van der Waals surface area contributed by atoms with Crippen LogP contribution < -0.4 is 22.1 Å². The van der Waals surface area contributed by atoms with Crippen molar-refractivity contribution >= 4 is 11.8 Å². The van der Waals surface area contributed by atoms with Crippen LogP contribution in [0.2, 0.25) is 0 Å². The number of carbonyl (C=O) groups excluding carboxylic acids is 2. The van der Waals surface area contributed by atoms with E-state index in [1.807, 2.05) is 0 Å². The molecule has 0 bridgehead atoms. The van der Waals surface area contributed by atoms with Gasteiger partial charge in [-0.25, -0.2) is 0 Å². The van der Waals surface area contributed by atoms with Gasteiger partial charge in [-0.05, 0) is 38.8 Å². The number of carbonyl (C=O) groups is 2. The van der Waals surface area contributed by atoms with Crippen molar-refractivity contribution in [2.24, 2.45) is 11.5 Å². The summed E-state index contributed by atoms with van der Waals surface area (Å²) >= 11 is 0. The molecule has 0 aromatic rings. The molecule has 6 nitrogen and oxygen atoms in total. The average molecular weight is 228 g/mol. The lowest BCUT2D eigenvalue weighted by molar-refractivity contribution is -0.137. The van der Waals surface area contributed by atoms with Gasteiger partial charge in [0.05, 0.1) is 0 Å². The molecule has 2 atom stereocenters. The molecule has 0 saturated carbocycles. The van der Waals surface area contributed by atoms with E-state index in [1.165, 1.54) is 0 Å². The second kappa shape index (κ2) is 6.44. The van der Waals surface area contributed by atoms with Gasteiger partial charge in [0.15, 0.2) is 0 Å². The van der Waals surface area contributed by atoms with Gasteiger partial charge in [-0.2, -0.15) is 0 Å². The van der Waals surface area contributed by atoms with Crippen LogP contribution >= 0.6 is 0 Å². The van der Waals surface area contributed by atoms with Crippen LogP contribution in [0.3, 0.4) is 0 Å². The van der Waals surface area contributed by atoms with E-state index in [0.29, 0.717) is 25.9 Å². The average Bonchev–Trinajstić information content (AvgIpc) is 2.28. The first-order chi connectivity index (χ1) is 7.69. The summed E-state index contributed by atoms with van der Waals surface area (Å²) in [4.78, 5) is 23.2. The number of piperazine rings is 1. The van der Waals surface area contributed by atoms with Crippen LogP contribution in [0.5, 0.6) is 0 Å². The van der Waals surface area contributed by atoms with Crippen molar-refractivity contribution in [3.8, 4) is 0 Å². The van der Waals surface area contributed by atoms with E-state index in [-0.39, 0.29) is 11.8 Å². The summed E-state index contributed by atoms with van der Waals surface area (Å²) in [5.41, 5.74) is 10.7. The Morgan fingerprint density at radius 1 is 0.875 bits per heavy atom. The fourth-order valence-electron chi connectivity index (χ4n) is 1.73. The SMILES string of the molecule is NCCC[C@@H]1NC(=O)[C@H](CCCN)NC1=O. The highest BCUT2D eigenvalue weighted by molar-refractivity contribution is 5.96. The van der Waals surface area contributed by atoms with Gasteiger partial charge in [0, 0.05) is 0 Å². The fourth-order valence-corrected chi connectivity index (χ4v) is 1.73. The molecule has 92 valence electrons. The lowest BCUT2D eigenvalue weighted by Gasteiger charge is -2.29. The number of rotatable bonds is 6. The zero-order valence-corrected chi connectivity index (χ0v) is 9.37. The molecule has 1 heterocycles. The predicted octanol–water partition coefficient (Wildman–Crippen LogP) is -1.55. The van der Waals surface area contributed by atoms with E-state index in [9.17, 15) is 9.59 Å². The maximum Gasteiger partial charge on any atom is 0.243 e. The summed E-state index contributed by atoms with van der Waals surface area (Å²) in [6.07, 6.45) is 2.65. The Bertz CT molecular complexity index is 231. The molecule has 1 fully saturated rings. The number of nitrogens with two attached hydrogens (primary N) is 2. The molecule has 0 aromatic carbocycles. The van der Waals surface area contributed by atoms with Crippen molar-refractivity contribution in [3.05, 3.63) is 0 Å². The third-order valence-electron chi connectivity index (χ3n) is 2.66. The van der Waals surface area contributed by atoms with Gasteiger partial charge in [0.25, 0.3) is 0 Å². The minimum Gasteiger partial charge on any atom is -0.343 e. The molecular formula is C10H20N4O2. The minimum atomic E-state index is -0.426. The summed E-state index contributed by atoms with van der Waals surface area (Å²) in [5, 5.41) is 5.43. The van der Waals surface area contributed by atoms with Crippen LogP contribution in [0.15, 0.2) is 0 Å². The third kappa shape index (κ3) is 3.46. The molecule has 1 saturated heterocycles. The Kier molecular flexibility index (Phi) is 5.21. The van der Waals surface area contributed by atoms with E-state index in [2.05, 4.69) is 10.6 Å². The van der Waals surface area contributed by atoms with Crippen molar-refractivity contribution in [1.82, 2.24) is 10.6 Å². The largest absolute Gasteiger partial charge is 0.343 e. The summed E-state index contributed by atoms with van der Waals surface area (Å²) in [7, 11) is 0. The van der Waals surface area contributed by atoms with Gasteiger partial charge in [-0.15, -0.1) is 0 Å². The number of amides is 2. The van der Waals surface area contributed by atoms with E-state index < -0.39 is 12.1 Å². The van der Waals surface area contributed by atoms with Crippen molar-refractivity contribution in [2.75, 3.05) is 13.1 Å². The van der Waals surface area contributed by atoms with Crippen molar-refractivity contribution in [2.45, 2.75) is 37.8 Å². The van der Waals surface area contributed by atoms with E-state index in [0.717, 1.165) is 12.8 Å². The van der Waals surface area contributed by atoms with E-state index in [1.54, 1.807) is 0 Å². The van der Waals surface area contributed by atoms with Gasteiger partial charge in [0.2, 0.25) is 11.8 Å². The predicted molar refractivity (Wildman–Crippen MR) is 60.4 cm³/mol. The molecule has 0 aromatic heterocycles. The molecule has 0 unspecified atom stereocenters. The molecule has 0 spiro atoms. The van der Waals surface area contributed by atoms with Crippen LogP contribution in [0.1, 0.15) is 25.7 Å². The molecule has 1 aliphatic rings. The Morgan fingerprint density at radius 2 is 1.25 bits per heavy atom. The van der Waals surface area contributed by atoms with Gasteiger partial charge in [-0.1, -0.05) is 0 Å². The zero-order valence-electron chi connectivity index (χ0n) is 9.37. The topological polar surface area (TPSA) is 110 Å². The van der Waals surface area contributed by atoms with Gasteiger partial charge < -0.3 is 22.1 Å². The first kappa shape index (κ1) is 12.9. The second-order valence-electron chi connectivity index (χ2n) is 3.98. The molecule has 1 aliphatic heterocycles. The molecule has 6 heteroatoms. The maximum absolute atomic E-state index is 11.6. The van der Waals surface area contributed by atoms with Crippen LogP contribution in [0.4, 0.5) is 0 Å². The van der Waals surface area contributed by atoms with Gasteiger partial charge >= 0.3 is 0 Å². The number of hydrogen-bond donors (Lipinski definition) is 4. The Labute approximate surface area is 95.1 Å². The molecule has 16 heavy (non-hydrogen) atoms. The summed E-state index contributed by atoms with van der Waals surface area (Å²) in [6.45, 7) is 1.05. The molecule has 0 radical (unpaired) electrons. The highest BCUT2D eigenvalue weighted by Gasteiger charge is 2.32. The standard InChI is InChI=1S/C10H20N4O2/c11-5-1-3-7-9(15)14-8(4-2-6-12)10(16)13-7/h7-8H,1-6,11-12H2,(H,13,16)(H,14,15)/t7-,8-/m0/s1. The molecule has 2 amide bonds. The third-order valence-corrected chi connectivity index (χ3v) is 2.66. The van der Waals surface area contributed by atoms with Crippen LogP contribution in [-0.4, -0.2) is 37.0 Å². The zero-order chi connectivity index (χ0) is 12.0. The van der Waals surface area contributed by atoms with Gasteiger partial charge in [0.1, 0.15) is 12.1 Å². The van der Waals surface area contributed by atoms with Crippen molar-refractivity contribution in [1.29, 1.82) is 0 Å². The normalized spacial score (nSPS) is 25.1. The molecular weight excluding hydrogens is 208 g/mol. The van der Waals surface area contributed by atoms with E-state index >= 15 is 0 Å². The van der Waals surface area contributed by atoms with Crippen molar-refractivity contribution < 1.29 is 9.59 Å². The van der Waals surface area contributed by atoms with Crippen LogP contribution in [-0.2, 0) is 9.59 Å². The Hall–Kier alpha value is -1.14. The smallest absolute Gasteiger partial charge is 0.243 e. The molecule has 0 aliphatic carbocycles. The molecule has 6 N–H and O–H groups in total. The minimum absolute atomic E-state index is 0.116. The lowest BCUT2D eigenvalue weighted by Crippen LogP contribution is -2.61. The summed E-state index contributed by atoms with van der Waals surface area (Å²) < 4.78 is 0. The fraction of sp³-hybridized carbons (Fsp3) is 0.800. The quantitative estimate of drug-likeness (QED) is 0.441. The van der Waals surface area contributed by atoms with Gasteiger partial charge in [-0.3, -0.25) is 9.59 Å². The van der Waals surface area contributed by atoms with E-state index in [4.69, 9.17) is 11.5 Å². The highest BCUT2D eigenvalue weighted by atomic mass is 16.2. The van der Waals surface area contributed by atoms with Crippen LogP contribution in [0, 0.1) is 0 Å². The first-order valence-corrected chi connectivity index (χ1v) is 5.70. The summed E-state index contributed by atoms with van der Waals surface area (Å²) in [6, 6.07) is -0.852. The summed E-state index contributed by atoms with van der Waals surface area (Å²) in [5.74, 6) is -0.231. The van der Waals surface area contributed by atoms with Crippen molar-refractivity contribution in [3.63, 3.8) is 0 Å². The monoisotopic (exact) mass is 228 g/mol. The Balaban J connectivity index is 2.43. The highest BCUT2D eigenvalue weighted by Crippen LogP contribution is 2.07. The number of hydrogen-bond acceptors (Lipinski definition) is 4. The molecule has 1 rings (SSSR count). The Morgan fingerprint density at radius 3 is 1.56 bits per heavy atom. The first-order valence-electron chi connectivity index (χ1n) is 5.70. The maximum atomic E-state index is 11.6. The number of nitrogens with one attached hydrogen (secondary N) is 2.